The fourth-order valence-electron chi connectivity index (χ4n) is 3.00. The van der Waals surface area contributed by atoms with E-state index >= 15 is 0 Å². The Hall–Kier alpha value is -2.74. The SMILES string of the molecule is Cn1c(C(=O)N2CCNCC2c2cccc(F)c2)ccc1[N+](=O)[O-]. The number of hydrogen-bond acceptors (Lipinski definition) is 4. The molecule has 8 heteroatoms. The van der Waals surface area contributed by atoms with Crippen LogP contribution in [0.3, 0.4) is 0 Å². The number of hydrogen-bond donors (Lipinski definition) is 1. The van der Waals surface area contributed by atoms with Crippen LogP contribution in [0.1, 0.15) is 22.1 Å². The molecule has 1 fully saturated rings. The fourth-order valence-corrected chi connectivity index (χ4v) is 3.00. The van der Waals surface area contributed by atoms with E-state index in [2.05, 4.69) is 5.32 Å². The second kappa shape index (κ2) is 6.40. The van der Waals surface area contributed by atoms with Crippen molar-refractivity contribution in [2.45, 2.75) is 6.04 Å². The van der Waals surface area contributed by atoms with Crippen LogP contribution in [0.25, 0.3) is 0 Å². The molecule has 1 aliphatic heterocycles. The monoisotopic (exact) mass is 332 g/mol. The van der Waals surface area contributed by atoms with Crippen LogP contribution in [0.5, 0.6) is 0 Å². The molecule has 1 aromatic carbocycles. The minimum Gasteiger partial charge on any atom is -0.358 e. The number of nitrogens with one attached hydrogen (secondary N) is 1. The lowest BCUT2D eigenvalue weighted by Crippen LogP contribution is -2.49. The highest BCUT2D eigenvalue weighted by atomic mass is 19.1. The summed E-state index contributed by atoms with van der Waals surface area (Å²) >= 11 is 0. The second-order valence-electron chi connectivity index (χ2n) is 5.67. The summed E-state index contributed by atoms with van der Waals surface area (Å²) in [6, 6.07) is 8.58. The smallest absolute Gasteiger partial charge is 0.323 e. The first-order valence-electron chi connectivity index (χ1n) is 7.56. The number of carbonyl (C=O) groups is 1. The molecular formula is C16H17FN4O3. The van der Waals surface area contributed by atoms with Crippen molar-refractivity contribution >= 4 is 11.7 Å². The molecule has 1 aromatic heterocycles. The number of nitro groups is 1. The van der Waals surface area contributed by atoms with Crippen molar-refractivity contribution < 1.29 is 14.1 Å². The predicted molar refractivity (Wildman–Crippen MR) is 85.1 cm³/mol. The number of aromatic nitrogens is 1. The highest BCUT2D eigenvalue weighted by molar-refractivity contribution is 5.93. The minimum absolute atomic E-state index is 0.143. The maximum absolute atomic E-state index is 13.5. The van der Waals surface area contributed by atoms with Crippen molar-refractivity contribution in [3.05, 3.63) is 63.6 Å². The van der Waals surface area contributed by atoms with Gasteiger partial charge in [-0.3, -0.25) is 4.79 Å². The molecule has 2 aromatic rings. The van der Waals surface area contributed by atoms with Gasteiger partial charge in [0.05, 0.1) is 13.1 Å². The molecule has 1 aliphatic rings. The lowest BCUT2D eigenvalue weighted by molar-refractivity contribution is -0.391. The average Bonchev–Trinajstić information content (AvgIpc) is 2.96. The van der Waals surface area contributed by atoms with Crippen LogP contribution >= 0.6 is 0 Å². The van der Waals surface area contributed by atoms with E-state index < -0.39 is 4.92 Å². The third-order valence-corrected chi connectivity index (χ3v) is 4.24. The van der Waals surface area contributed by atoms with E-state index in [1.54, 1.807) is 17.0 Å². The molecule has 1 saturated heterocycles. The van der Waals surface area contributed by atoms with E-state index in [1.165, 1.54) is 35.9 Å². The van der Waals surface area contributed by atoms with Crippen molar-refractivity contribution in [1.29, 1.82) is 0 Å². The van der Waals surface area contributed by atoms with Crippen LogP contribution in [-0.2, 0) is 7.05 Å². The largest absolute Gasteiger partial charge is 0.358 e. The van der Waals surface area contributed by atoms with Gasteiger partial charge in [-0.25, -0.2) is 8.96 Å². The molecule has 126 valence electrons. The van der Waals surface area contributed by atoms with Crippen LogP contribution in [0.15, 0.2) is 36.4 Å². The van der Waals surface area contributed by atoms with E-state index in [4.69, 9.17) is 0 Å². The van der Waals surface area contributed by atoms with Gasteiger partial charge in [0.2, 0.25) is 0 Å². The van der Waals surface area contributed by atoms with Gasteiger partial charge in [0, 0.05) is 25.7 Å². The standard InChI is InChI=1S/C16H17FN4O3/c1-19-13(5-6-15(19)21(23)24)16(22)20-8-7-18-10-14(20)11-3-2-4-12(17)9-11/h2-6,9,14,18H,7-8,10H2,1H3. The van der Waals surface area contributed by atoms with Gasteiger partial charge >= 0.3 is 5.82 Å². The Morgan fingerprint density at radius 3 is 2.83 bits per heavy atom. The van der Waals surface area contributed by atoms with Gasteiger partial charge < -0.3 is 20.3 Å². The zero-order valence-electron chi connectivity index (χ0n) is 13.1. The van der Waals surface area contributed by atoms with Crippen LogP contribution in [-0.4, -0.2) is 39.9 Å². The zero-order valence-corrected chi connectivity index (χ0v) is 13.1. The molecule has 1 amide bonds. The molecule has 0 spiro atoms. The lowest BCUT2D eigenvalue weighted by atomic mass is 10.0. The van der Waals surface area contributed by atoms with Crippen molar-refractivity contribution in [1.82, 2.24) is 14.8 Å². The summed E-state index contributed by atoms with van der Waals surface area (Å²) < 4.78 is 14.8. The van der Waals surface area contributed by atoms with Crippen molar-refractivity contribution in [3.63, 3.8) is 0 Å². The summed E-state index contributed by atoms with van der Waals surface area (Å²) in [5.74, 6) is -0.808. The van der Waals surface area contributed by atoms with Crippen LogP contribution in [0, 0.1) is 15.9 Å². The highest BCUT2D eigenvalue weighted by Crippen LogP contribution is 2.26. The summed E-state index contributed by atoms with van der Waals surface area (Å²) in [6.07, 6.45) is 0. The molecule has 0 bridgehead atoms. The van der Waals surface area contributed by atoms with Gasteiger partial charge in [0.1, 0.15) is 5.82 Å². The van der Waals surface area contributed by atoms with E-state index in [-0.39, 0.29) is 29.3 Å². The number of benzene rings is 1. The maximum Gasteiger partial charge on any atom is 0.323 e. The molecule has 2 heterocycles. The molecule has 0 radical (unpaired) electrons. The van der Waals surface area contributed by atoms with E-state index in [0.29, 0.717) is 25.2 Å². The van der Waals surface area contributed by atoms with Gasteiger partial charge in [-0.1, -0.05) is 12.1 Å². The molecule has 0 aliphatic carbocycles. The Kier molecular flexibility index (Phi) is 4.30. The molecule has 3 rings (SSSR count). The summed E-state index contributed by atoms with van der Waals surface area (Å²) in [6.45, 7) is 1.56. The number of amides is 1. The Labute approximate surface area is 137 Å². The number of carbonyl (C=O) groups excluding carboxylic acids is 1. The van der Waals surface area contributed by atoms with E-state index in [0.717, 1.165) is 0 Å². The lowest BCUT2D eigenvalue weighted by Gasteiger charge is -2.36. The molecule has 7 nitrogen and oxygen atoms in total. The average molecular weight is 332 g/mol. The first-order valence-corrected chi connectivity index (χ1v) is 7.56. The zero-order chi connectivity index (χ0) is 17.3. The molecule has 1 N–H and O–H groups in total. The Balaban J connectivity index is 1.93. The van der Waals surface area contributed by atoms with Gasteiger partial charge in [-0.05, 0) is 28.7 Å². The number of halogens is 1. The first-order chi connectivity index (χ1) is 11.5. The molecule has 1 atom stereocenters. The van der Waals surface area contributed by atoms with Gasteiger partial charge in [0.15, 0.2) is 5.69 Å². The molecular weight excluding hydrogens is 315 g/mol. The normalized spacial score (nSPS) is 17.8. The Bertz CT molecular complexity index is 789. The number of piperazine rings is 1. The minimum atomic E-state index is -0.529. The Morgan fingerprint density at radius 1 is 1.38 bits per heavy atom. The van der Waals surface area contributed by atoms with E-state index in [1.807, 2.05) is 0 Å². The van der Waals surface area contributed by atoms with Crippen molar-refractivity contribution in [2.75, 3.05) is 19.6 Å². The fraction of sp³-hybridized carbons (Fsp3) is 0.312. The van der Waals surface area contributed by atoms with Crippen LogP contribution < -0.4 is 5.32 Å². The predicted octanol–water partition coefficient (Wildman–Crippen LogP) is 1.86. The third kappa shape index (κ3) is 2.88. The first kappa shape index (κ1) is 16.1. The van der Waals surface area contributed by atoms with Gasteiger partial charge in [-0.2, -0.15) is 0 Å². The van der Waals surface area contributed by atoms with Gasteiger partial charge in [0.25, 0.3) is 5.91 Å². The maximum atomic E-state index is 13.5. The summed E-state index contributed by atoms with van der Waals surface area (Å²) in [4.78, 5) is 25.0. The third-order valence-electron chi connectivity index (χ3n) is 4.24. The van der Waals surface area contributed by atoms with Gasteiger partial charge in [-0.15, -0.1) is 0 Å². The van der Waals surface area contributed by atoms with Crippen LogP contribution in [0.2, 0.25) is 0 Å². The highest BCUT2D eigenvalue weighted by Gasteiger charge is 2.32. The Morgan fingerprint density at radius 2 is 2.17 bits per heavy atom. The molecule has 1 unspecified atom stereocenters. The molecule has 24 heavy (non-hydrogen) atoms. The second-order valence-corrected chi connectivity index (χ2v) is 5.67. The quantitative estimate of drug-likeness (QED) is 0.687. The number of nitrogens with zero attached hydrogens (tertiary/aromatic N) is 3. The summed E-state index contributed by atoms with van der Waals surface area (Å²) in [7, 11) is 1.49. The van der Waals surface area contributed by atoms with E-state index in [9.17, 15) is 19.3 Å². The number of rotatable bonds is 3. The van der Waals surface area contributed by atoms with Crippen molar-refractivity contribution in [2.24, 2.45) is 7.05 Å². The molecule has 0 saturated carbocycles. The van der Waals surface area contributed by atoms with Crippen LogP contribution in [0.4, 0.5) is 10.2 Å². The van der Waals surface area contributed by atoms with Crippen molar-refractivity contribution in [3.8, 4) is 0 Å². The summed E-state index contributed by atoms with van der Waals surface area (Å²) in [5.41, 5.74) is 0.935. The topological polar surface area (TPSA) is 80.4 Å². The summed E-state index contributed by atoms with van der Waals surface area (Å²) in [5, 5.41) is 14.2.